The van der Waals surface area contributed by atoms with Crippen molar-refractivity contribution in [1.82, 2.24) is 5.32 Å². The lowest BCUT2D eigenvalue weighted by Gasteiger charge is -2.09. The first kappa shape index (κ1) is 16.3. The minimum atomic E-state index is -4.74. The molecule has 0 heterocycles. The van der Waals surface area contributed by atoms with Gasteiger partial charge < -0.3 is 15.2 Å². The Morgan fingerprint density at radius 3 is 2.35 bits per heavy atom. The second-order valence-corrected chi connectivity index (χ2v) is 4.11. The molecule has 7 heteroatoms. The van der Waals surface area contributed by atoms with Crippen molar-refractivity contribution in [3.63, 3.8) is 0 Å². The van der Waals surface area contributed by atoms with Gasteiger partial charge in [-0.2, -0.15) is 0 Å². The average Bonchev–Trinajstić information content (AvgIpc) is 2.37. The third-order valence-corrected chi connectivity index (χ3v) is 2.47. The second-order valence-electron chi connectivity index (χ2n) is 4.11. The van der Waals surface area contributed by atoms with Crippen molar-refractivity contribution in [1.29, 1.82) is 0 Å². The van der Waals surface area contributed by atoms with Crippen LogP contribution in [0.25, 0.3) is 0 Å². The van der Waals surface area contributed by atoms with Gasteiger partial charge in [0.05, 0.1) is 0 Å². The molecule has 0 aliphatic rings. The van der Waals surface area contributed by atoms with Crippen molar-refractivity contribution in [2.24, 2.45) is 0 Å². The van der Waals surface area contributed by atoms with E-state index in [1.54, 1.807) is 0 Å². The van der Waals surface area contributed by atoms with E-state index in [1.807, 2.05) is 0 Å². The molecule has 0 atom stereocenters. The van der Waals surface area contributed by atoms with Gasteiger partial charge in [0, 0.05) is 18.7 Å². The van der Waals surface area contributed by atoms with Crippen molar-refractivity contribution in [2.75, 3.05) is 13.2 Å². The van der Waals surface area contributed by atoms with E-state index in [0.717, 1.165) is 25.0 Å². The molecule has 0 saturated heterocycles. The number of ether oxygens (including phenoxy) is 1. The predicted molar refractivity (Wildman–Crippen MR) is 66.4 cm³/mol. The Balaban J connectivity index is 2.41. The van der Waals surface area contributed by atoms with Crippen molar-refractivity contribution in [3.8, 4) is 5.75 Å². The molecule has 4 nitrogen and oxygen atoms in total. The summed E-state index contributed by atoms with van der Waals surface area (Å²) in [7, 11) is 0. The van der Waals surface area contributed by atoms with Gasteiger partial charge in [0.1, 0.15) is 5.75 Å². The molecule has 1 aromatic carbocycles. The molecular formula is C13H16F3NO3. The van der Waals surface area contributed by atoms with Crippen LogP contribution in [0.15, 0.2) is 24.3 Å². The van der Waals surface area contributed by atoms with Gasteiger partial charge in [-0.25, -0.2) is 0 Å². The Labute approximate surface area is 114 Å². The highest BCUT2D eigenvalue weighted by Gasteiger charge is 2.31. The highest BCUT2D eigenvalue weighted by molar-refractivity contribution is 5.94. The Kier molecular flexibility index (Phi) is 6.30. The molecule has 1 amide bonds. The number of rotatable bonds is 7. The summed E-state index contributed by atoms with van der Waals surface area (Å²) < 4.78 is 39.6. The number of amides is 1. The van der Waals surface area contributed by atoms with E-state index < -0.39 is 6.36 Å². The van der Waals surface area contributed by atoms with E-state index >= 15 is 0 Å². The number of nitrogens with one attached hydrogen (secondary N) is 1. The number of hydrogen-bond acceptors (Lipinski definition) is 3. The quantitative estimate of drug-likeness (QED) is 0.759. The van der Waals surface area contributed by atoms with Crippen LogP contribution in [0.5, 0.6) is 5.75 Å². The molecule has 2 N–H and O–H groups in total. The maximum Gasteiger partial charge on any atom is 0.573 e. The Hall–Kier alpha value is -1.76. The van der Waals surface area contributed by atoms with Crippen LogP contribution in [-0.4, -0.2) is 30.5 Å². The summed E-state index contributed by atoms with van der Waals surface area (Å²) in [4.78, 5) is 11.7. The Morgan fingerprint density at radius 1 is 1.15 bits per heavy atom. The molecule has 20 heavy (non-hydrogen) atoms. The van der Waals surface area contributed by atoms with Gasteiger partial charge in [-0.05, 0) is 43.5 Å². The number of unbranched alkanes of at least 4 members (excludes halogenated alkanes) is 2. The molecule has 0 aliphatic carbocycles. The topological polar surface area (TPSA) is 58.6 Å². The summed E-state index contributed by atoms with van der Waals surface area (Å²) in [5.41, 5.74) is 0.265. The molecule has 1 aromatic rings. The van der Waals surface area contributed by atoms with Crippen molar-refractivity contribution in [3.05, 3.63) is 29.8 Å². The van der Waals surface area contributed by atoms with Crippen LogP contribution in [0, 0.1) is 0 Å². The minimum Gasteiger partial charge on any atom is -0.406 e. The average molecular weight is 291 g/mol. The van der Waals surface area contributed by atoms with E-state index in [9.17, 15) is 18.0 Å². The smallest absolute Gasteiger partial charge is 0.406 e. The van der Waals surface area contributed by atoms with Gasteiger partial charge in [-0.3, -0.25) is 4.79 Å². The predicted octanol–water partition coefficient (Wildman–Crippen LogP) is 2.48. The number of benzene rings is 1. The first-order valence-corrected chi connectivity index (χ1v) is 6.17. The molecule has 0 radical (unpaired) electrons. The van der Waals surface area contributed by atoms with Crippen LogP contribution in [0.4, 0.5) is 13.2 Å². The summed E-state index contributed by atoms with van der Waals surface area (Å²) in [5, 5.41) is 11.2. The van der Waals surface area contributed by atoms with Crippen molar-refractivity contribution >= 4 is 5.91 Å². The van der Waals surface area contributed by atoms with Crippen LogP contribution < -0.4 is 10.1 Å². The van der Waals surface area contributed by atoms with E-state index in [4.69, 9.17) is 5.11 Å². The normalized spacial score (nSPS) is 11.2. The highest BCUT2D eigenvalue weighted by Crippen LogP contribution is 2.22. The lowest BCUT2D eigenvalue weighted by Crippen LogP contribution is -2.24. The monoisotopic (exact) mass is 291 g/mol. The van der Waals surface area contributed by atoms with Crippen LogP contribution in [0.3, 0.4) is 0 Å². The van der Waals surface area contributed by atoms with Crippen molar-refractivity contribution < 1.29 is 27.8 Å². The first-order valence-electron chi connectivity index (χ1n) is 6.17. The second kappa shape index (κ2) is 7.74. The van der Waals surface area contributed by atoms with Crippen LogP contribution in [0.2, 0.25) is 0 Å². The Morgan fingerprint density at radius 2 is 1.80 bits per heavy atom. The van der Waals surface area contributed by atoms with Crippen molar-refractivity contribution in [2.45, 2.75) is 25.6 Å². The molecular weight excluding hydrogens is 275 g/mol. The molecule has 1 rings (SSSR count). The number of halogens is 3. The third-order valence-electron chi connectivity index (χ3n) is 2.47. The molecule has 0 fully saturated rings. The molecule has 0 unspecified atom stereocenters. The number of hydrogen-bond donors (Lipinski definition) is 2. The zero-order valence-electron chi connectivity index (χ0n) is 10.7. The van der Waals surface area contributed by atoms with Gasteiger partial charge in [0.15, 0.2) is 0 Å². The van der Waals surface area contributed by atoms with Crippen LogP contribution in [0.1, 0.15) is 29.6 Å². The molecule has 112 valence electrons. The third kappa shape index (κ3) is 6.42. The Bertz CT molecular complexity index is 418. The fourth-order valence-corrected chi connectivity index (χ4v) is 1.53. The zero-order chi connectivity index (χ0) is 15.0. The first-order chi connectivity index (χ1) is 9.42. The summed E-state index contributed by atoms with van der Waals surface area (Å²) in [6.07, 6.45) is -2.52. The molecule has 0 aliphatic heterocycles. The summed E-state index contributed by atoms with van der Waals surface area (Å²) in [5.74, 6) is -0.718. The zero-order valence-corrected chi connectivity index (χ0v) is 10.7. The summed E-state index contributed by atoms with van der Waals surface area (Å²) in [6.45, 7) is 0.578. The SMILES string of the molecule is O=C(NCCCCCO)c1ccc(OC(F)(F)F)cc1. The maximum atomic E-state index is 11.9. The fourth-order valence-electron chi connectivity index (χ4n) is 1.53. The highest BCUT2D eigenvalue weighted by atomic mass is 19.4. The molecule has 0 saturated carbocycles. The van der Waals surface area contributed by atoms with Gasteiger partial charge in [0.25, 0.3) is 5.91 Å². The van der Waals surface area contributed by atoms with Gasteiger partial charge in [-0.15, -0.1) is 13.2 Å². The molecule has 0 spiro atoms. The fraction of sp³-hybridized carbons (Fsp3) is 0.462. The van der Waals surface area contributed by atoms with Gasteiger partial charge >= 0.3 is 6.36 Å². The van der Waals surface area contributed by atoms with E-state index in [0.29, 0.717) is 13.0 Å². The molecule has 0 bridgehead atoms. The van der Waals surface area contributed by atoms with E-state index in [2.05, 4.69) is 10.1 Å². The maximum absolute atomic E-state index is 11.9. The van der Waals surface area contributed by atoms with Gasteiger partial charge in [0.2, 0.25) is 0 Å². The number of aliphatic hydroxyl groups is 1. The standard InChI is InChI=1S/C13H16F3NO3/c14-13(15,16)20-11-6-4-10(5-7-11)12(19)17-8-2-1-3-9-18/h4-7,18H,1-3,8-9H2,(H,17,19). The lowest BCUT2D eigenvalue weighted by atomic mass is 10.2. The van der Waals surface area contributed by atoms with E-state index in [1.165, 1.54) is 12.1 Å². The van der Waals surface area contributed by atoms with Crippen LogP contribution in [-0.2, 0) is 0 Å². The molecule has 0 aromatic heterocycles. The number of alkyl halides is 3. The van der Waals surface area contributed by atoms with Gasteiger partial charge in [-0.1, -0.05) is 0 Å². The largest absolute Gasteiger partial charge is 0.573 e. The lowest BCUT2D eigenvalue weighted by molar-refractivity contribution is -0.274. The van der Waals surface area contributed by atoms with E-state index in [-0.39, 0.29) is 23.8 Å². The number of aliphatic hydroxyl groups excluding tert-OH is 1. The van der Waals surface area contributed by atoms with Crippen LogP contribution >= 0.6 is 0 Å². The summed E-state index contributed by atoms with van der Waals surface area (Å²) in [6, 6.07) is 4.72. The summed E-state index contributed by atoms with van der Waals surface area (Å²) >= 11 is 0. The number of carbonyl (C=O) groups excluding carboxylic acids is 1. The minimum absolute atomic E-state index is 0.120. The number of carbonyl (C=O) groups is 1.